The molecule has 1 saturated heterocycles. The van der Waals surface area contributed by atoms with Gasteiger partial charge in [-0.3, -0.25) is 14.4 Å². The predicted molar refractivity (Wildman–Crippen MR) is 70.1 cm³/mol. The van der Waals surface area contributed by atoms with Crippen molar-refractivity contribution in [3.05, 3.63) is 0 Å². The lowest BCUT2D eigenvalue weighted by molar-refractivity contribution is -0.180. The van der Waals surface area contributed by atoms with Crippen LogP contribution in [0, 0.1) is 0 Å². The van der Waals surface area contributed by atoms with Gasteiger partial charge in [0.05, 0.1) is 0 Å². The fourth-order valence-electron chi connectivity index (χ4n) is 2.23. The zero-order valence-corrected chi connectivity index (χ0v) is 12.8. The predicted octanol–water partition coefficient (Wildman–Crippen LogP) is -0.301. The van der Waals surface area contributed by atoms with Gasteiger partial charge in [-0.05, 0) is 0 Å². The lowest BCUT2D eigenvalue weighted by atomic mass is 10.1. The Balaban J connectivity index is 2.97. The van der Waals surface area contributed by atoms with Gasteiger partial charge in [0.15, 0.2) is 12.4 Å². The number of carbonyl (C=O) groups is 3. The van der Waals surface area contributed by atoms with Crippen molar-refractivity contribution < 1.29 is 33.3 Å². The molecule has 0 saturated carbocycles. The smallest absolute Gasteiger partial charge is 0.303 e. The molecule has 8 heteroatoms. The van der Waals surface area contributed by atoms with E-state index in [0.717, 1.165) is 0 Å². The number of carbonyl (C=O) groups excluding carboxylic acids is 3. The Morgan fingerprint density at radius 1 is 1.14 bits per heavy atom. The molecule has 0 N–H and O–H groups in total. The molecule has 0 aromatic carbocycles. The van der Waals surface area contributed by atoms with Gasteiger partial charge in [-0.2, -0.15) is 0 Å². The second-order valence-corrected chi connectivity index (χ2v) is 4.78. The maximum Gasteiger partial charge on any atom is 0.303 e. The van der Waals surface area contributed by atoms with Gasteiger partial charge in [0, 0.05) is 34.9 Å². The van der Waals surface area contributed by atoms with Gasteiger partial charge in [-0.25, -0.2) is 0 Å². The second-order valence-electron chi connectivity index (χ2n) is 4.78. The summed E-state index contributed by atoms with van der Waals surface area (Å²) in [5.74, 6) is -1.21. The number of hydrogen-bond donors (Lipinski definition) is 0. The Morgan fingerprint density at radius 3 is 2.19 bits per heavy atom. The van der Waals surface area contributed by atoms with E-state index in [-0.39, 0.29) is 12.5 Å². The summed E-state index contributed by atoms with van der Waals surface area (Å²) in [7, 11) is 2.96. The van der Waals surface area contributed by atoms with E-state index in [0.29, 0.717) is 0 Å². The minimum Gasteiger partial charge on any atom is -0.463 e. The van der Waals surface area contributed by atoms with Crippen molar-refractivity contribution in [2.24, 2.45) is 0 Å². The van der Waals surface area contributed by atoms with Crippen LogP contribution in [0.4, 0.5) is 0 Å². The topological polar surface area (TPSA) is 91.4 Å². The Hall–Kier alpha value is -1.67. The average molecular weight is 303 g/mol. The van der Waals surface area contributed by atoms with E-state index in [1.54, 1.807) is 7.05 Å². The molecule has 0 spiro atoms. The first-order valence-electron chi connectivity index (χ1n) is 6.50. The standard InChI is InChI=1S/C13H21NO7/c1-7(15)14(4)11-10(6-19-8(2)16)21-13(18-5)12(11)20-9(3)17/h10-13H,6H2,1-5H3. The molecule has 0 aliphatic carbocycles. The third-order valence-electron chi connectivity index (χ3n) is 3.22. The summed E-state index contributed by atoms with van der Waals surface area (Å²) >= 11 is 0. The molecule has 0 radical (unpaired) electrons. The molecule has 1 aliphatic heterocycles. The van der Waals surface area contributed by atoms with Gasteiger partial charge in [-0.15, -0.1) is 0 Å². The molecule has 1 heterocycles. The molecule has 8 nitrogen and oxygen atoms in total. The molecule has 120 valence electrons. The van der Waals surface area contributed by atoms with Crippen molar-refractivity contribution in [3.8, 4) is 0 Å². The molecular formula is C13H21NO7. The van der Waals surface area contributed by atoms with Crippen LogP contribution in [0.25, 0.3) is 0 Å². The van der Waals surface area contributed by atoms with E-state index >= 15 is 0 Å². The van der Waals surface area contributed by atoms with Crippen LogP contribution in [-0.4, -0.2) is 68.0 Å². The highest BCUT2D eigenvalue weighted by Gasteiger charge is 2.50. The Labute approximate surface area is 123 Å². The summed E-state index contributed by atoms with van der Waals surface area (Å²) in [6, 6.07) is -0.601. The van der Waals surface area contributed by atoms with Crippen LogP contribution in [0.5, 0.6) is 0 Å². The second kappa shape index (κ2) is 7.37. The first-order valence-corrected chi connectivity index (χ1v) is 6.50. The zero-order chi connectivity index (χ0) is 16.2. The lowest BCUT2D eigenvalue weighted by Gasteiger charge is -2.30. The van der Waals surface area contributed by atoms with Crippen molar-refractivity contribution in [2.45, 2.75) is 45.3 Å². The Bertz CT molecular complexity index is 411. The molecule has 4 unspecified atom stereocenters. The van der Waals surface area contributed by atoms with Gasteiger partial charge < -0.3 is 23.8 Å². The van der Waals surface area contributed by atoms with Crippen LogP contribution in [0.2, 0.25) is 0 Å². The van der Waals surface area contributed by atoms with Crippen LogP contribution in [0.1, 0.15) is 20.8 Å². The van der Waals surface area contributed by atoms with E-state index in [9.17, 15) is 14.4 Å². The van der Waals surface area contributed by atoms with Gasteiger partial charge in [-0.1, -0.05) is 0 Å². The molecule has 0 aromatic rings. The van der Waals surface area contributed by atoms with Crippen LogP contribution in [0.3, 0.4) is 0 Å². The van der Waals surface area contributed by atoms with Crippen LogP contribution in [0.15, 0.2) is 0 Å². The maximum atomic E-state index is 11.6. The summed E-state index contributed by atoms with van der Waals surface area (Å²) in [6.07, 6.45) is -2.26. The summed E-state index contributed by atoms with van der Waals surface area (Å²) in [5, 5.41) is 0. The van der Waals surface area contributed by atoms with E-state index in [1.807, 2.05) is 0 Å². The van der Waals surface area contributed by atoms with E-state index in [1.165, 1.54) is 32.8 Å². The number of nitrogens with zero attached hydrogens (tertiary/aromatic N) is 1. The van der Waals surface area contributed by atoms with E-state index in [4.69, 9.17) is 18.9 Å². The van der Waals surface area contributed by atoms with Crippen molar-refractivity contribution in [2.75, 3.05) is 20.8 Å². The van der Waals surface area contributed by atoms with Crippen molar-refractivity contribution in [3.63, 3.8) is 0 Å². The largest absolute Gasteiger partial charge is 0.463 e. The Kier molecular flexibility index (Phi) is 6.10. The molecule has 1 rings (SSSR count). The van der Waals surface area contributed by atoms with Gasteiger partial charge in [0.1, 0.15) is 18.8 Å². The lowest BCUT2D eigenvalue weighted by Crippen LogP contribution is -2.50. The molecule has 0 bridgehead atoms. The molecule has 1 aliphatic rings. The highest BCUT2D eigenvalue weighted by atomic mass is 16.7. The first-order chi connectivity index (χ1) is 9.77. The van der Waals surface area contributed by atoms with Crippen LogP contribution in [-0.2, 0) is 33.3 Å². The zero-order valence-electron chi connectivity index (χ0n) is 12.8. The fraction of sp³-hybridized carbons (Fsp3) is 0.769. The van der Waals surface area contributed by atoms with Crippen molar-refractivity contribution in [1.82, 2.24) is 4.90 Å². The minimum atomic E-state index is -0.832. The monoisotopic (exact) mass is 303 g/mol. The summed E-state index contributed by atoms with van der Waals surface area (Å²) in [6.45, 7) is 3.86. The molecule has 1 fully saturated rings. The third-order valence-corrected chi connectivity index (χ3v) is 3.22. The third kappa shape index (κ3) is 4.40. The number of amides is 1. The van der Waals surface area contributed by atoms with Crippen molar-refractivity contribution in [1.29, 1.82) is 0 Å². The fourth-order valence-corrected chi connectivity index (χ4v) is 2.23. The quantitative estimate of drug-likeness (QED) is 0.644. The van der Waals surface area contributed by atoms with E-state index < -0.39 is 36.5 Å². The number of esters is 2. The Morgan fingerprint density at radius 2 is 1.76 bits per heavy atom. The van der Waals surface area contributed by atoms with E-state index in [2.05, 4.69) is 0 Å². The molecule has 0 aromatic heterocycles. The van der Waals surface area contributed by atoms with Gasteiger partial charge in [0.2, 0.25) is 5.91 Å². The number of rotatable bonds is 5. The summed E-state index contributed by atoms with van der Waals surface area (Å²) in [5.41, 5.74) is 0. The molecule has 4 atom stereocenters. The highest BCUT2D eigenvalue weighted by Crippen LogP contribution is 2.28. The van der Waals surface area contributed by atoms with Crippen molar-refractivity contribution >= 4 is 17.8 Å². The van der Waals surface area contributed by atoms with Crippen LogP contribution < -0.4 is 0 Å². The molecule has 21 heavy (non-hydrogen) atoms. The minimum absolute atomic E-state index is 0.0603. The summed E-state index contributed by atoms with van der Waals surface area (Å²) in [4.78, 5) is 35.2. The van der Waals surface area contributed by atoms with Gasteiger partial charge >= 0.3 is 11.9 Å². The number of methoxy groups -OCH3 is 1. The number of hydrogen-bond acceptors (Lipinski definition) is 7. The maximum absolute atomic E-state index is 11.6. The van der Waals surface area contributed by atoms with Gasteiger partial charge in [0.25, 0.3) is 0 Å². The first kappa shape index (κ1) is 17.4. The number of likely N-dealkylation sites (N-methyl/N-ethyl adjacent to an activating group) is 1. The molecule has 1 amide bonds. The average Bonchev–Trinajstić information content (AvgIpc) is 2.72. The highest BCUT2D eigenvalue weighted by molar-refractivity contribution is 5.73. The summed E-state index contributed by atoms with van der Waals surface area (Å²) < 4.78 is 20.9. The normalized spacial score (nSPS) is 28.0. The number of ether oxygens (including phenoxy) is 4. The molecular weight excluding hydrogens is 282 g/mol. The SMILES string of the molecule is COC1OC(COC(C)=O)C(N(C)C(C)=O)C1OC(C)=O. The van der Waals surface area contributed by atoms with Crippen LogP contribution >= 0.6 is 0 Å².